The van der Waals surface area contributed by atoms with Crippen molar-refractivity contribution in [2.45, 2.75) is 17.2 Å². The summed E-state index contributed by atoms with van der Waals surface area (Å²) in [4.78, 5) is 17.6. The number of methoxy groups -OCH3 is 2. The summed E-state index contributed by atoms with van der Waals surface area (Å²) in [6, 6.07) is 8.73. The lowest BCUT2D eigenvalue weighted by Crippen LogP contribution is -2.55. The summed E-state index contributed by atoms with van der Waals surface area (Å²) in [6.07, 6.45) is 4.99. The molecule has 1 N–H and O–H groups in total. The van der Waals surface area contributed by atoms with Gasteiger partial charge in [-0.2, -0.15) is 9.40 Å². The Kier molecular flexibility index (Phi) is 5.68. The minimum Gasteiger partial charge on any atom is -0.481 e. The first-order valence-corrected chi connectivity index (χ1v) is 12.3. The Bertz CT molecular complexity index is 1400. The number of aromatic nitrogens is 3. The monoisotopic (exact) mass is 498 g/mol. The Labute approximate surface area is 201 Å². The van der Waals surface area contributed by atoms with E-state index in [1.165, 1.54) is 49.0 Å². The molecule has 3 heterocycles. The van der Waals surface area contributed by atoms with Crippen LogP contribution < -0.4 is 4.74 Å². The van der Waals surface area contributed by atoms with E-state index >= 15 is 0 Å². The first-order valence-electron chi connectivity index (χ1n) is 10.9. The lowest BCUT2D eigenvalue weighted by Gasteiger charge is -2.48. The zero-order valence-electron chi connectivity index (χ0n) is 19.1. The van der Waals surface area contributed by atoms with Crippen molar-refractivity contribution in [2.24, 2.45) is 5.41 Å². The lowest BCUT2D eigenvalue weighted by atomic mass is 9.60. The Hall–Kier alpha value is -3.57. The van der Waals surface area contributed by atoms with Crippen molar-refractivity contribution in [3.8, 4) is 5.88 Å². The van der Waals surface area contributed by atoms with Crippen molar-refractivity contribution in [3.63, 3.8) is 0 Å². The third kappa shape index (κ3) is 3.62. The van der Waals surface area contributed by atoms with E-state index < -0.39 is 33.1 Å². The van der Waals surface area contributed by atoms with E-state index in [2.05, 4.69) is 15.2 Å². The van der Waals surface area contributed by atoms with Crippen LogP contribution >= 0.6 is 0 Å². The highest BCUT2D eigenvalue weighted by Crippen LogP contribution is 2.55. The van der Waals surface area contributed by atoms with Gasteiger partial charge in [0.05, 0.1) is 32.3 Å². The van der Waals surface area contributed by atoms with Crippen LogP contribution in [0.2, 0.25) is 0 Å². The minimum absolute atomic E-state index is 0.0103. The molecule has 0 amide bonds. The number of nitrogens with one attached hydrogen (secondary N) is 1. The van der Waals surface area contributed by atoms with Gasteiger partial charge in [0.15, 0.2) is 0 Å². The molecule has 9 nitrogen and oxygen atoms in total. The van der Waals surface area contributed by atoms with Crippen molar-refractivity contribution < 1.29 is 27.1 Å². The van der Waals surface area contributed by atoms with Gasteiger partial charge in [0.1, 0.15) is 16.1 Å². The fraction of sp³-hybridized carbons (Fsp3) is 0.292. The van der Waals surface area contributed by atoms with E-state index in [9.17, 15) is 17.6 Å². The third-order valence-corrected chi connectivity index (χ3v) is 8.59. The standard InChI is InChI=1S/C24H23FN4O5S/c1-33-21-8-7-18(12-26-21)35(31,32)29-10-9-16-11-20-19(13-27-28-20)22(15-3-5-17(25)6-4-15)24(16,14-29)23(30)34-2/h3-8,11-13,22H,9-10,14H2,1-2H3,(H,27,28)/t22?,24-/m0/s1. The molecule has 1 saturated heterocycles. The summed E-state index contributed by atoms with van der Waals surface area (Å²) in [6.45, 7) is 0.00504. The number of ether oxygens (including phenoxy) is 2. The first kappa shape index (κ1) is 23.2. The number of carbonyl (C=O) groups is 1. The second-order valence-corrected chi connectivity index (χ2v) is 10.4. The molecule has 2 aliphatic rings. The van der Waals surface area contributed by atoms with Gasteiger partial charge in [0.2, 0.25) is 15.9 Å². The van der Waals surface area contributed by atoms with Crippen LogP contribution in [0.5, 0.6) is 5.88 Å². The molecule has 0 radical (unpaired) electrons. The van der Waals surface area contributed by atoms with Gasteiger partial charge in [0, 0.05) is 30.6 Å². The Morgan fingerprint density at radius 2 is 1.94 bits per heavy atom. The van der Waals surface area contributed by atoms with Gasteiger partial charge in [-0.15, -0.1) is 0 Å². The molecule has 1 aromatic carbocycles. The number of pyridine rings is 1. The van der Waals surface area contributed by atoms with Gasteiger partial charge in [0.25, 0.3) is 0 Å². The molecule has 0 saturated carbocycles. The van der Waals surface area contributed by atoms with Gasteiger partial charge in [-0.1, -0.05) is 12.1 Å². The molecule has 0 bridgehead atoms. The lowest BCUT2D eigenvalue weighted by molar-refractivity contribution is -0.152. The molecule has 1 aliphatic heterocycles. The summed E-state index contributed by atoms with van der Waals surface area (Å²) < 4.78 is 52.6. The Morgan fingerprint density at radius 3 is 2.60 bits per heavy atom. The molecule has 35 heavy (non-hydrogen) atoms. The predicted molar refractivity (Wildman–Crippen MR) is 123 cm³/mol. The maximum absolute atomic E-state index is 13.8. The number of aromatic amines is 1. The number of halogens is 1. The van der Waals surface area contributed by atoms with Crippen LogP contribution in [0.4, 0.5) is 4.39 Å². The fourth-order valence-electron chi connectivity index (χ4n) is 5.10. The molecule has 0 spiro atoms. The smallest absolute Gasteiger partial charge is 0.318 e. The van der Waals surface area contributed by atoms with E-state index in [1.807, 2.05) is 6.08 Å². The first-order chi connectivity index (χ1) is 16.8. The van der Waals surface area contributed by atoms with Gasteiger partial charge in [-0.3, -0.25) is 9.89 Å². The van der Waals surface area contributed by atoms with Gasteiger partial charge < -0.3 is 9.47 Å². The zero-order valence-corrected chi connectivity index (χ0v) is 19.9. The minimum atomic E-state index is -4.00. The van der Waals surface area contributed by atoms with Crippen molar-refractivity contribution in [1.29, 1.82) is 0 Å². The van der Waals surface area contributed by atoms with Gasteiger partial charge >= 0.3 is 5.97 Å². The molecular weight excluding hydrogens is 475 g/mol. The number of sulfonamides is 1. The number of hydrogen-bond donors (Lipinski definition) is 1. The number of rotatable bonds is 5. The molecule has 2 atom stereocenters. The molecular formula is C24H23FN4O5S. The number of benzene rings is 1. The Morgan fingerprint density at radius 1 is 1.17 bits per heavy atom. The number of hydrogen-bond acceptors (Lipinski definition) is 7. The highest BCUT2D eigenvalue weighted by Gasteiger charge is 2.57. The number of fused-ring (bicyclic) bond motifs is 2. The molecule has 2 aromatic heterocycles. The molecule has 182 valence electrons. The number of piperidine rings is 1. The summed E-state index contributed by atoms with van der Waals surface area (Å²) in [5, 5.41) is 7.10. The molecule has 1 fully saturated rings. The molecule has 11 heteroatoms. The van der Waals surface area contributed by atoms with Crippen LogP contribution in [-0.2, 0) is 19.6 Å². The zero-order chi connectivity index (χ0) is 24.8. The van der Waals surface area contributed by atoms with Crippen molar-refractivity contribution in [2.75, 3.05) is 27.3 Å². The van der Waals surface area contributed by atoms with Crippen LogP contribution in [-0.4, -0.2) is 61.2 Å². The van der Waals surface area contributed by atoms with Crippen LogP contribution in [0.15, 0.2) is 59.3 Å². The van der Waals surface area contributed by atoms with E-state index in [4.69, 9.17) is 9.47 Å². The second-order valence-electron chi connectivity index (χ2n) is 8.48. The average Bonchev–Trinajstić information content (AvgIpc) is 3.34. The average molecular weight is 499 g/mol. The molecule has 3 aromatic rings. The fourth-order valence-corrected chi connectivity index (χ4v) is 6.53. The van der Waals surface area contributed by atoms with Gasteiger partial charge in [-0.05, 0) is 41.8 Å². The summed E-state index contributed by atoms with van der Waals surface area (Å²) in [5.41, 5.74) is 1.44. The largest absolute Gasteiger partial charge is 0.481 e. The third-order valence-electron chi connectivity index (χ3n) is 6.76. The summed E-state index contributed by atoms with van der Waals surface area (Å²) in [7, 11) is -1.27. The molecule has 1 aliphatic carbocycles. The van der Waals surface area contributed by atoms with E-state index in [0.717, 1.165) is 11.3 Å². The maximum atomic E-state index is 13.8. The summed E-state index contributed by atoms with van der Waals surface area (Å²) >= 11 is 0. The van der Waals surface area contributed by atoms with Crippen LogP contribution in [0, 0.1) is 11.2 Å². The maximum Gasteiger partial charge on any atom is 0.318 e. The van der Waals surface area contributed by atoms with Crippen LogP contribution in [0.25, 0.3) is 6.08 Å². The van der Waals surface area contributed by atoms with Crippen molar-refractivity contribution in [1.82, 2.24) is 19.5 Å². The van der Waals surface area contributed by atoms with Crippen LogP contribution in [0.1, 0.15) is 29.2 Å². The SMILES string of the molecule is COC(=O)[C@@]12CN(S(=O)(=O)c3ccc(OC)nc3)CCC1=Cc1[nH]ncc1C2c1ccc(F)cc1. The number of esters is 1. The second kappa shape index (κ2) is 8.58. The molecule has 5 rings (SSSR count). The topological polar surface area (TPSA) is 114 Å². The normalized spacial score (nSPS) is 22.0. The van der Waals surface area contributed by atoms with E-state index in [-0.39, 0.29) is 23.9 Å². The van der Waals surface area contributed by atoms with Crippen molar-refractivity contribution >= 4 is 22.1 Å². The Balaban J connectivity index is 1.65. The number of nitrogens with zero attached hydrogens (tertiary/aromatic N) is 3. The quantitative estimate of drug-likeness (QED) is 0.538. The van der Waals surface area contributed by atoms with E-state index in [0.29, 0.717) is 17.5 Å². The highest BCUT2D eigenvalue weighted by molar-refractivity contribution is 7.89. The number of carbonyl (C=O) groups excluding carboxylic acids is 1. The molecule has 1 unspecified atom stereocenters. The highest BCUT2D eigenvalue weighted by atomic mass is 32.2. The van der Waals surface area contributed by atoms with E-state index in [1.54, 1.807) is 18.3 Å². The summed E-state index contributed by atoms with van der Waals surface area (Å²) in [5.74, 6) is -1.34. The van der Waals surface area contributed by atoms with Gasteiger partial charge in [-0.25, -0.2) is 17.8 Å². The predicted octanol–water partition coefficient (Wildman–Crippen LogP) is 2.74. The van der Waals surface area contributed by atoms with Crippen molar-refractivity contribution in [3.05, 3.63) is 77.0 Å². The van der Waals surface area contributed by atoms with Crippen LogP contribution in [0.3, 0.4) is 0 Å². The number of H-pyrrole nitrogens is 1.